The van der Waals surface area contributed by atoms with E-state index in [1.807, 2.05) is 12.1 Å². The first-order valence-electron chi connectivity index (χ1n) is 5.28. The average molecular weight is 309 g/mol. The molecule has 0 radical (unpaired) electrons. The summed E-state index contributed by atoms with van der Waals surface area (Å²) in [6.45, 7) is 2.62. The van der Waals surface area contributed by atoms with E-state index < -0.39 is 0 Å². The van der Waals surface area contributed by atoms with Crippen molar-refractivity contribution in [3.05, 3.63) is 52.1 Å². The number of nitrogens with two attached hydrogens (primary N) is 1. The van der Waals surface area contributed by atoms with Gasteiger partial charge in [0.05, 0.1) is 4.47 Å². The summed E-state index contributed by atoms with van der Waals surface area (Å²) >= 11 is 5.14. The molecule has 17 heavy (non-hydrogen) atoms. The number of nitrogens with zero attached hydrogens (tertiary/aromatic N) is 1. The number of rotatable bonds is 3. The SMILES string of the molecule is Cc1ccc(Sc2ncccc2Br)c(CN)c1. The van der Waals surface area contributed by atoms with Crippen LogP contribution >= 0.6 is 27.7 Å². The van der Waals surface area contributed by atoms with Crippen LogP contribution in [0.2, 0.25) is 0 Å². The van der Waals surface area contributed by atoms with Gasteiger partial charge in [-0.1, -0.05) is 29.5 Å². The Bertz CT molecular complexity index is 529. The third kappa shape index (κ3) is 3.09. The summed E-state index contributed by atoms with van der Waals surface area (Å²) < 4.78 is 1.01. The minimum absolute atomic E-state index is 0.550. The molecule has 4 heteroatoms. The van der Waals surface area contributed by atoms with Crippen LogP contribution in [-0.4, -0.2) is 4.98 Å². The fourth-order valence-electron chi connectivity index (χ4n) is 1.52. The zero-order chi connectivity index (χ0) is 12.3. The summed E-state index contributed by atoms with van der Waals surface area (Å²) in [5.41, 5.74) is 8.16. The maximum Gasteiger partial charge on any atom is 0.115 e. The maximum absolute atomic E-state index is 5.77. The minimum Gasteiger partial charge on any atom is -0.326 e. The monoisotopic (exact) mass is 308 g/mol. The number of aromatic nitrogens is 1. The van der Waals surface area contributed by atoms with Gasteiger partial charge in [-0.05, 0) is 46.6 Å². The molecular formula is C13H13BrN2S. The van der Waals surface area contributed by atoms with Gasteiger partial charge in [0, 0.05) is 17.6 Å². The van der Waals surface area contributed by atoms with Crippen molar-refractivity contribution >= 4 is 27.7 Å². The number of benzene rings is 1. The Morgan fingerprint density at radius 2 is 2.18 bits per heavy atom. The molecule has 1 aromatic heterocycles. The van der Waals surface area contributed by atoms with Crippen molar-refractivity contribution in [2.24, 2.45) is 5.73 Å². The molecular weight excluding hydrogens is 296 g/mol. The summed E-state index contributed by atoms with van der Waals surface area (Å²) in [6, 6.07) is 10.2. The Morgan fingerprint density at radius 3 is 2.88 bits per heavy atom. The molecule has 0 atom stereocenters. The van der Waals surface area contributed by atoms with Gasteiger partial charge in [-0.3, -0.25) is 0 Å². The van der Waals surface area contributed by atoms with Gasteiger partial charge in [0.1, 0.15) is 5.03 Å². The van der Waals surface area contributed by atoms with E-state index in [1.54, 1.807) is 18.0 Å². The summed E-state index contributed by atoms with van der Waals surface area (Å²) in [7, 11) is 0. The van der Waals surface area contributed by atoms with Gasteiger partial charge in [0.2, 0.25) is 0 Å². The van der Waals surface area contributed by atoms with E-state index in [2.05, 4.69) is 46.0 Å². The molecule has 0 aliphatic rings. The Labute approximate surface area is 114 Å². The van der Waals surface area contributed by atoms with Gasteiger partial charge in [0.25, 0.3) is 0 Å². The lowest BCUT2D eigenvalue weighted by molar-refractivity contribution is 1.02. The van der Waals surface area contributed by atoms with E-state index in [9.17, 15) is 0 Å². The summed E-state index contributed by atoms with van der Waals surface area (Å²) in [6.07, 6.45) is 1.80. The first-order chi connectivity index (χ1) is 8.20. The number of aryl methyl sites for hydroxylation is 1. The molecule has 2 N–H and O–H groups in total. The summed E-state index contributed by atoms with van der Waals surface area (Å²) in [4.78, 5) is 5.51. The van der Waals surface area contributed by atoms with Crippen LogP contribution in [0, 0.1) is 6.92 Å². The van der Waals surface area contributed by atoms with Crippen molar-refractivity contribution in [3.63, 3.8) is 0 Å². The van der Waals surface area contributed by atoms with Gasteiger partial charge < -0.3 is 5.73 Å². The molecule has 0 aliphatic carbocycles. The topological polar surface area (TPSA) is 38.9 Å². The Hall–Kier alpha value is -0.840. The van der Waals surface area contributed by atoms with Crippen molar-refractivity contribution in [1.29, 1.82) is 0 Å². The van der Waals surface area contributed by atoms with E-state index in [4.69, 9.17) is 5.73 Å². The van der Waals surface area contributed by atoms with Crippen molar-refractivity contribution < 1.29 is 0 Å². The third-order valence-electron chi connectivity index (χ3n) is 2.37. The van der Waals surface area contributed by atoms with Crippen molar-refractivity contribution in [2.75, 3.05) is 0 Å². The Balaban J connectivity index is 2.33. The molecule has 0 spiro atoms. The highest BCUT2D eigenvalue weighted by Crippen LogP contribution is 2.33. The van der Waals surface area contributed by atoms with E-state index in [0.29, 0.717) is 6.54 Å². The number of hydrogen-bond donors (Lipinski definition) is 1. The molecule has 0 aliphatic heterocycles. The zero-order valence-electron chi connectivity index (χ0n) is 9.48. The normalized spacial score (nSPS) is 10.5. The lowest BCUT2D eigenvalue weighted by Crippen LogP contribution is -1.99. The minimum atomic E-state index is 0.550. The maximum atomic E-state index is 5.77. The first kappa shape index (κ1) is 12.6. The van der Waals surface area contributed by atoms with E-state index in [0.717, 1.165) is 20.0 Å². The molecule has 0 bridgehead atoms. The standard InChI is InChI=1S/C13H13BrN2S/c1-9-4-5-12(10(7-9)8-15)17-13-11(14)3-2-6-16-13/h2-7H,8,15H2,1H3. The van der Waals surface area contributed by atoms with Gasteiger partial charge >= 0.3 is 0 Å². The molecule has 0 unspecified atom stereocenters. The second-order valence-corrected chi connectivity index (χ2v) is 5.59. The zero-order valence-corrected chi connectivity index (χ0v) is 11.9. The fourth-order valence-corrected chi connectivity index (χ4v) is 2.91. The molecule has 0 saturated heterocycles. The molecule has 2 aromatic rings. The number of hydrogen-bond acceptors (Lipinski definition) is 3. The van der Waals surface area contributed by atoms with Gasteiger partial charge in [0.15, 0.2) is 0 Å². The van der Waals surface area contributed by atoms with E-state index >= 15 is 0 Å². The number of pyridine rings is 1. The quantitative estimate of drug-likeness (QED) is 0.938. The van der Waals surface area contributed by atoms with Crippen LogP contribution in [0.25, 0.3) is 0 Å². The first-order valence-corrected chi connectivity index (χ1v) is 6.89. The largest absolute Gasteiger partial charge is 0.326 e. The second-order valence-electron chi connectivity index (χ2n) is 3.71. The van der Waals surface area contributed by atoms with Crippen molar-refractivity contribution in [1.82, 2.24) is 4.98 Å². The van der Waals surface area contributed by atoms with Crippen LogP contribution in [0.4, 0.5) is 0 Å². The Kier molecular flexibility index (Phi) is 4.20. The molecule has 88 valence electrons. The molecule has 1 aromatic carbocycles. The fraction of sp³-hybridized carbons (Fsp3) is 0.154. The van der Waals surface area contributed by atoms with Crippen LogP contribution in [0.15, 0.2) is 50.9 Å². The molecule has 0 fully saturated rings. The van der Waals surface area contributed by atoms with Gasteiger partial charge in [-0.25, -0.2) is 4.98 Å². The van der Waals surface area contributed by atoms with Crippen LogP contribution < -0.4 is 5.73 Å². The smallest absolute Gasteiger partial charge is 0.115 e. The van der Waals surface area contributed by atoms with Gasteiger partial charge in [-0.2, -0.15) is 0 Å². The molecule has 2 nitrogen and oxygen atoms in total. The van der Waals surface area contributed by atoms with E-state index in [1.165, 1.54) is 5.56 Å². The van der Waals surface area contributed by atoms with E-state index in [-0.39, 0.29) is 0 Å². The van der Waals surface area contributed by atoms with Crippen LogP contribution in [-0.2, 0) is 6.54 Å². The molecule has 1 heterocycles. The van der Waals surface area contributed by atoms with Crippen LogP contribution in [0.5, 0.6) is 0 Å². The predicted octanol–water partition coefficient (Wildman–Crippen LogP) is 3.76. The summed E-state index contributed by atoms with van der Waals surface area (Å²) in [5.74, 6) is 0. The molecule has 0 saturated carbocycles. The highest BCUT2D eigenvalue weighted by Gasteiger charge is 2.07. The molecule has 0 amide bonds. The number of halogens is 1. The van der Waals surface area contributed by atoms with Crippen LogP contribution in [0.3, 0.4) is 0 Å². The highest BCUT2D eigenvalue weighted by molar-refractivity contribution is 9.10. The van der Waals surface area contributed by atoms with Crippen molar-refractivity contribution in [3.8, 4) is 0 Å². The third-order valence-corrected chi connectivity index (χ3v) is 4.41. The lowest BCUT2D eigenvalue weighted by atomic mass is 10.1. The molecule has 2 rings (SSSR count). The average Bonchev–Trinajstić information content (AvgIpc) is 2.34. The summed E-state index contributed by atoms with van der Waals surface area (Å²) in [5, 5.41) is 0.964. The van der Waals surface area contributed by atoms with Crippen molar-refractivity contribution in [2.45, 2.75) is 23.4 Å². The predicted molar refractivity (Wildman–Crippen MR) is 75.1 cm³/mol. The Morgan fingerprint density at radius 1 is 1.35 bits per heavy atom. The van der Waals surface area contributed by atoms with Gasteiger partial charge in [-0.15, -0.1) is 0 Å². The lowest BCUT2D eigenvalue weighted by Gasteiger charge is -2.08. The highest BCUT2D eigenvalue weighted by atomic mass is 79.9. The van der Waals surface area contributed by atoms with Crippen LogP contribution in [0.1, 0.15) is 11.1 Å². The second kappa shape index (κ2) is 5.67.